The molecule has 3 rings (SSSR count). The predicted molar refractivity (Wildman–Crippen MR) is 94.3 cm³/mol. The molecular formula is C19H18FNO2S. The van der Waals surface area contributed by atoms with E-state index in [1.165, 1.54) is 23.5 Å². The average molecular weight is 343 g/mol. The maximum Gasteiger partial charge on any atom is 0.279 e. The van der Waals surface area contributed by atoms with E-state index in [1.807, 2.05) is 38.1 Å². The number of benzene rings is 2. The van der Waals surface area contributed by atoms with Crippen molar-refractivity contribution in [1.82, 2.24) is 4.98 Å². The van der Waals surface area contributed by atoms with Gasteiger partial charge in [-0.1, -0.05) is 37.3 Å². The Morgan fingerprint density at radius 3 is 2.67 bits per heavy atom. The summed E-state index contributed by atoms with van der Waals surface area (Å²) in [5, 5.41) is 0.472. The van der Waals surface area contributed by atoms with Crippen molar-refractivity contribution in [2.45, 2.75) is 26.7 Å². The molecule has 1 heterocycles. The molecule has 0 aliphatic heterocycles. The number of halogens is 1. The summed E-state index contributed by atoms with van der Waals surface area (Å²) in [5.74, 6) is 0.985. The van der Waals surface area contributed by atoms with Gasteiger partial charge in [-0.05, 0) is 41.8 Å². The topological polar surface area (TPSA) is 39.2 Å². The van der Waals surface area contributed by atoms with Crippen LogP contribution in [0.4, 0.5) is 4.39 Å². The molecular weight excluding hydrogens is 325 g/mol. The molecule has 0 spiro atoms. The van der Waals surface area contributed by atoms with E-state index in [0.29, 0.717) is 35.2 Å². The number of carbonyl (C=O) groups is 1. The highest BCUT2D eigenvalue weighted by atomic mass is 32.1. The number of hydrogen-bond donors (Lipinski definition) is 0. The first-order chi connectivity index (χ1) is 11.5. The van der Waals surface area contributed by atoms with Gasteiger partial charge in [0.1, 0.15) is 17.3 Å². The second-order valence-corrected chi connectivity index (χ2v) is 7.14. The van der Waals surface area contributed by atoms with E-state index in [9.17, 15) is 9.18 Å². The van der Waals surface area contributed by atoms with E-state index < -0.39 is 0 Å². The average Bonchev–Trinajstić information content (AvgIpc) is 2.89. The summed E-state index contributed by atoms with van der Waals surface area (Å²) in [6.45, 7) is 4.08. The fraction of sp³-hybridized carbons (Fsp3) is 0.263. The minimum Gasteiger partial charge on any atom is -0.431 e. The number of ketones is 1. The van der Waals surface area contributed by atoms with E-state index >= 15 is 0 Å². The van der Waals surface area contributed by atoms with Crippen LogP contribution in [0, 0.1) is 11.7 Å². The third-order valence-electron chi connectivity index (χ3n) is 3.50. The Balaban J connectivity index is 1.67. The SMILES string of the molecule is CC(C)CC(=O)Cc1ccc(Oc2nc3ccc(F)cc3s2)cc1. The molecule has 124 valence electrons. The van der Waals surface area contributed by atoms with Crippen LogP contribution in [0.3, 0.4) is 0 Å². The standard InChI is InChI=1S/C19H18FNO2S/c1-12(2)9-15(22)10-13-3-6-16(7-4-13)23-19-21-17-8-5-14(20)11-18(17)24-19/h3-8,11-12H,9-10H2,1-2H3. The molecule has 0 fully saturated rings. The molecule has 5 heteroatoms. The number of fused-ring (bicyclic) bond motifs is 1. The predicted octanol–water partition coefficient (Wildman–Crippen LogP) is 5.39. The number of ether oxygens (including phenoxy) is 1. The Morgan fingerprint density at radius 1 is 1.21 bits per heavy atom. The van der Waals surface area contributed by atoms with Gasteiger partial charge in [-0.2, -0.15) is 0 Å². The van der Waals surface area contributed by atoms with Gasteiger partial charge in [0.05, 0.1) is 10.2 Å². The zero-order chi connectivity index (χ0) is 17.1. The van der Waals surface area contributed by atoms with E-state index in [2.05, 4.69) is 4.98 Å². The van der Waals surface area contributed by atoms with Crippen LogP contribution < -0.4 is 4.74 Å². The van der Waals surface area contributed by atoms with Crippen molar-refractivity contribution in [3.8, 4) is 10.9 Å². The lowest BCUT2D eigenvalue weighted by molar-refractivity contribution is -0.119. The minimum atomic E-state index is -0.284. The van der Waals surface area contributed by atoms with E-state index in [4.69, 9.17) is 4.74 Å². The van der Waals surface area contributed by atoms with E-state index in [0.717, 1.165) is 10.3 Å². The van der Waals surface area contributed by atoms with Gasteiger partial charge >= 0.3 is 0 Å². The van der Waals surface area contributed by atoms with Crippen LogP contribution in [-0.2, 0) is 11.2 Å². The van der Waals surface area contributed by atoms with Gasteiger partial charge in [0.25, 0.3) is 5.19 Å². The van der Waals surface area contributed by atoms with Crippen LogP contribution in [-0.4, -0.2) is 10.8 Å². The van der Waals surface area contributed by atoms with Crippen molar-refractivity contribution in [2.24, 2.45) is 5.92 Å². The number of carbonyl (C=O) groups excluding carboxylic acids is 1. The van der Waals surface area contributed by atoms with E-state index in [1.54, 1.807) is 6.07 Å². The monoisotopic (exact) mass is 343 g/mol. The largest absolute Gasteiger partial charge is 0.431 e. The first-order valence-electron chi connectivity index (χ1n) is 7.84. The quantitative estimate of drug-likeness (QED) is 0.603. The lowest BCUT2D eigenvalue weighted by atomic mass is 10.0. The molecule has 24 heavy (non-hydrogen) atoms. The maximum atomic E-state index is 13.2. The van der Waals surface area contributed by atoms with Crippen LogP contribution in [0.5, 0.6) is 10.9 Å². The van der Waals surface area contributed by atoms with Gasteiger partial charge in [0.15, 0.2) is 0 Å². The molecule has 3 aromatic rings. The Hall–Kier alpha value is -2.27. The second kappa shape index (κ2) is 7.09. The van der Waals surface area contributed by atoms with Crippen molar-refractivity contribution in [2.75, 3.05) is 0 Å². The van der Waals surface area contributed by atoms with Crippen LogP contribution in [0.25, 0.3) is 10.2 Å². The van der Waals surface area contributed by atoms with Crippen molar-refractivity contribution in [3.63, 3.8) is 0 Å². The minimum absolute atomic E-state index is 0.242. The lowest BCUT2D eigenvalue weighted by Crippen LogP contribution is -2.06. The highest BCUT2D eigenvalue weighted by molar-refractivity contribution is 7.20. The molecule has 0 radical (unpaired) electrons. The third-order valence-corrected chi connectivity index (χ3v) is 4.39. The Morgan fingerprint density at radius 2 is 1.96 bits per heavy atom. The van der Waals surface area contributed by atoms with Crippen molar-refractivity contribution >= 4 is 27.3 Å². The zero-order valence-electron chi connectivity index (χ0n) is 13.6. The summed E-state index contributed by atoms with van der Waals surface area (Å²) in [6.07, 6.45) is 1.04. The summed E-state index contributed by atoms with van der Waals surface area (Å²) in [6, 6.07) is 11.9. The first-order valence-corrected chi connectivity index (χ1v) is 8.66. The van der Waals surface area contributed by atoms with Crippen LogP contribution in [0.2, 0.25) is 0 Å². The zero-order valence-corrected chi connectivity index (χ0v) is 14.4. The Kier molecular flexibility index (Phi) is 4.90. The van der Waals surface area contributed by atoms with Crippen molar-refractivity contribution in [3.05, 3.63) is 53.8 Å². The molecule has 0 N–H and O–H groups in total. The van der Waals surface area contributed by atoms with Crippen LogP contribution in [0.15, 0.2) is 42.5 Å². The molecule has 0 unspecified atom stereocenters. The van der Waals surface area contributed by atoms with Gasteiger partial charge in [-0.3, -0.25) is 4.79 Å². The second-order valence-electron chi connectivity index (χ2n) is 6.15. The van der Waals surface area contributed by atoms with Crippen LogP contribution in [0.1, 0.15) is 25.8 Å². The summed E-state index contributed by atoms with van der Waals surface area (Å²) in [5.41, 5.74) is 1.69. The molecule has 0 amide bonds. The van der Waals surface area contributed by atoms with Crippen molar-refractivity contribution in [1.29, 1.82) is 0 Å². The summed E-state index contributed by atoms with van der Waals surface area (Å²) < 4.78 is 19.7. The summed E-state index contributed by atoms with van der Waals surface area (Å²) in [7, 11) is 0. The molecule has 0 aliphatic carbocycles. The molecule has 0 bridgehead atoms. The molecule has 1 aromatic heterocycles. The highest BCUT2D eigenvalue weighted by Crippen LogP contribution is 2.31. The lowest BCUT2D eigenvalue weighted by Gasteiger charge is -2.05. The molecule has 2 aromatic carbocycles. The molecule has 0 saturated heterocycles. The van der Waals surface area contributed by atoms with Gasteiger partial charge in [-0.15, -0.1) is 0 Å². The number of Topliss-reactive ketones (excluding diaryl/α,β-unsaturated/α-hetero) is 1. The number of thiazole rings is 1. The molecule has 0 aliphatic rings. The highest BCUT2D eigenvalue weighted by Gasteiger charge is 2.09. The smallest absolute Gasteiger partial charge is 0.279 e. The third kappa shape index (κ3) is 4.17. The Bertz CT molecular complexity index is 855. The van der Waals surface area contributed by atoms with Crippen molar-refractivity contribution < 1.29 is 13.9 Å². The van der Waals surface area contributed by atoms with Gasteiger partial charge < -0.3 is 4.74 Å². The Labute approximate surface area is 144 Å². The summed E-state index contributed by atoms with van der Waals surface area (Å²) in [4.78, 5) is 16.2. The van der Waals surface area contributed by atoms with Gasteiger partial charge in [-0.25, -0.2) is 9.37 Å². The van der Waals surface area contributed by atoms with Crippen LogP contribution >= 0.6 is 11.3 Å². The number of hydrogen-bond acceptors (Lipinski definition) is 4. The first kappa shape index (κ1) is 16.6. The molecule has 0 saturated carbocycles. The molecule has 3 nitrogen and oxygen atoms in total. The number of aromatic nitrogens is 1. The molecule has 0 atom stereocenters. The van der Waals surface area contributed by atoms with Gasteiger partial charge in [0.2, 0.25) is 0 Å². The fourth-order valence-electron chi connectivity index (χ4n) is 2.45. The van der Waals surface area contributed by atoms with E-state index in [-0.39, 0.29) is 11.6 Å². The summed E-state index contributed by atoms with van der Waals surface area (Å²) >= 11 is 1.30. The van der Waals surface area contributed by atoms with Gasteiger partial charge in [0, 0.05) is 12.8 Å². The number of nitrogens with zero attached hydrogens (tertiary/aromatic N) is 1. The fourth-order valence-corrected chi connectivity index (χ4v) is 3.31. The number of rotatable bonds is 6. The normalized spacial score (nSPS) is 11.2. The maximum absolute atomic E-state index is 13.2.